The van der Waals surface area contributed by atoms with Crippen LogP contribution in [0.4, 0.5) is 11.6 Å². The third-order valence-corrected chi connectivity index (χ3v) is 3.74. The van der Waals surface area contributed by atoms with Crippen molar-refractivity contribution >= 4 is 27.6 Å². The van der Waals surface area contributed by atoms with E-state index in [1.807, 2.05) is 25.3 Å². The molecule has 0 radical (unpaired) electrons. The molecule has 0 fully saturated rings. The Hall–Kier alpha value is -1.33. The van der Waals surface area contributed by atoms with Crippen molar-refractivity contribution in [2.45, 2.75) is 20.4 Å². The molecule has 0 aliphatic rings. The number of benzene rings is 1. The van der Waals surface area contributed by atoms with Crippen LogP contribution >= 0.6 is 15.9 Å². The minimum atomic E-state index is 0.670. The van der Waals surface area contributed by atoms with Crippen LogP contribution in [0.1, 0.15) is 11.3 Å². The zero-order valence-corrected chi connectivity index (χ0v) is 13.0. The maximum Gasteiger partial charge on any atom is 0.207 e. The Balaban J connectivity index is 2.19. The van der Waals surface area contributed by atoms with E-state index < -0.39 is 0 Å². The first kappa shape index (κ1) is 14.1. The largest absolute Gasteiger partial charge is 0.383 e. The molecule has 0 bridgehead atoms. The topological polar surface area (TPSA) is 39.1 Å². The molecule has 1 aromatic heterocycles. The average molecular weight is 324 g/mol. The third-order valence-electron chi connectivity index (χ3n) is 2.85. The summed E-state index contributed by atoms with van der Waals surface area (Å²) in [5.41, 5.74) is 3.22. The molecule has 102 valence electrons. The first-order valence-corrected chi connectivity index (χ1v) is 6.95. The SMILES string of the molecule is COCCn1cc(C)nc1Nc1ccc(Br)c(C)c1. The number of methoxy groups -OCH3 is 1. The fourth-order valence-corrected chi connectivity index (χ4v) is 2.10. The lowest BCUT2D eigenvalue weighted by atomic mass is 10.2. The lowest BCUT2D eigenvalue weighted by Gasteiger charge is -2.10. The van der Waals surface area contributed by atoms with Gasteiger partial charge in [0.1, 0.15) is 0 Å². The van der Waals surface area contributed by atoms with Gasteiger partial charge in [-0.25, -0.2) is 4.98 Å². The van der Waals surface area contributed by atoms with Gasteiger partial charge in [-0.15, -0.1) is 0 Å². The predicted octanol–water partition coefficient (Wildman–Crippen LogP) is 3.65. The summed E-state index contributed by atoms with van der Waals surface area (Å²) in [6.07, 6.45) is 2.02. The van der Waals surface area contributed by atoms with Gasteiger partial charge in [0.15, 0.2) is 0 Å². The van der Waals surface area contributed by atoms with Crippen LogP contribution in [0.2, 0.25) is 0 Å². The van der Waals surface area contributed by atoms with Crippen molar-refractivity contribution in [1.29, 1.82) is 0 Å². The zero-order valence-electron chi connectivity index (χ0n) is 11.4. The van der Waals surface area contributed by atoms with Crippen LogP contribution in [0.5, 0.6) is 0 Å². The molecule has 0 saturated heterocycles. The molecular formula is C14H18BrN3O. The van der Waals surface area contributed by atoms with Gasteiger partial charge in [0.2, 0.25) is 5.95 Å². The molecule has 1 aromatic carbocycles. The summed E-state index contributed by atoms with van der Waals surface area (Å²) in [7, 11) is 1.70. The second-order valence-electron chi connectivity index (χ2n) is 4.48. The Morgan fingerprint density at radius 3 is 2.84 bits per heavy atom. The van der Waals surface area contributed by atoms with E-state index in [1.165, 1.54) is 5.56 Å². The zero-order chi connectivity index (χ0) is 13.8. The van der Waals surface area contributed by atoms with Crippen LogP contribution in [-0.2, 0) is 11.3 Å². The molecule has 5 heteroatoms. The molecule has 2 rings (SSSR count). The molecule has 19 heavy (non-hydrogen) atoms. The minimum absolute atomic E-state index is 0.670. The summed E-state index contributed by atoms with van der Waals surface area (Å²) in [4.78, 5) is 4.50. The molecular weight excluding hydrogens is 306 g/mol. The van der Waals surface area contributed by atoms with Crippen LogP contribution < -0.4 is 5.32 Å². The highest BCUT2D eigenvalue weighted by atomic mass is 79.9. The number of halogens is 1. The maximum absolute atomic E-state index is 5.11. The molecule has 0 saturated carbocycles. The highest BCUT2D eigenvalue weighted by molar-refractivity contribution is 9.10. The van der Waals surface area contributed by atoms with E-state index in [2.05, 4.69) is 43.8 Å². The second kappa shape index (κ2) is 6.21. The van der Waals surface area contributed by atoms with Gasteiger partial charge in [0.25, 0.3) is 0 Å². The smallest absolute Gasteiger partial charge is 0.207 e. The van der Waals surface area contributed by atoms with Crippen LogP contribution in [0.25, 0.3) is 0 Å². The Bertz CT molecular complexity index is 566. The number of aryl methyl sites for hydroxylation is 2. The second-order valence-corrected chi connectivity index (χ2v) is 5.34. The monoisotopic (exact) mass is 323 g/mol. The Morgan fingerprint density at radius 2 is 2.16 bits per heavy atom. The summed E-state index contributed by atoms with van der Waals surface area (Å²) in [5, 5.41) is 3.35. The number of nitrogens with zero attached hydrogens (tertiary/aromatic N) is 2. The van der Waals surface area contributed by atoms with E-state index >= 15 is 0 Å². The first-order valence-electron chi connectivity index (χ1n) is 6.16. The van der Waals surface area contributed by atoms with Crippen molar-refractivity contribution in [1.82, 2.24) is 9.55 Å². The average Bonchev–Trinajstić information content (AvgIpc) is 2.71. The summed E-state index contributed by atoms with van der Waals surface area (Å²) in [6.45, 7) is 5.51. The molecule has 0 spiro atoms. The van der Waals surface area contributed by atoms with Crippen molar-refractivity contribution < 1.29 is 4.74 Å². The molecule has 0 aliphatic carbocycles. The van der Waals surface area contributed by atoms with E-state index in [9.17, 15) is 0 Å². The van der Waals surface area contributed by atoms with Gasteiger partial charge in [0.05, 0.1) is 12.3 Å². The van der Waals surface area contributed by atoms with Gasteiger partial charge in [-0.1, -0.05) is 15.9 Å². The van der Waals surface area contributed by atoms with E-state index in [-0.39, 0.29) is 0 Å². The normalized spacial score (nSPS) is 10.7. The highest BCUT2D eigenvalue weighted by Gasteiger charge is 2.06. The van der Waals surface area contributed by atoms with Crippen molar-refractivity contribution in [3.8, 4) is 0 Å². The molecule has 0 amide bonds. The maximum atomic E-state index is 5.11. The quantitative estimate of drug-likeness (QED) is 0.912. The van der Waals surface area contributed by atoms with Crippen LogP contribution in [0.3, 0.4) is 0 Å². The molecule has 4 nitrogen and oxygen atoms in total. The van der Waals surface area contributed by atoms with Gasteiger partial charge in [-0.2, -0.15) is 0 Å². The summed E-state index contributed by atoms with van der Waals surface area (Å²) in [5.74, 6) is 0.844. The Morgan fingerprint density at radius 1 is 1.37 bits per heavy atom. The van der Waals surface area contributed by atoms with Gasteiger partial charge in [0, 0.05) is 30.0 Å². The number of hydrogen-bond acceptors (Lipinski definition) is 3. The van der Waals surface area contributed by atoms with Crippen molar-refractivity contribution in [2.75, 3.05) is 19.0 Å². The number of hydrogen-bond donors (Lipinski definition) is 1. The van der Waals surface area contributed by atoms with Crippen LogP contribution in [0, 0.1) is 13.8 Å². The molecule has 1 heterocycles. The van der Waals surface area contributed by atoms with E-state index in [0.29, 0.717) is 6.61 Å². The van der Waals surface area contributed by atoms with Crippen molar-refractivity contribution in [3.63, 3.8) is 0 Å². The molecule has 2 aromatic rings. The number of anilines is 2. The van der Waals surface area contributed by atoms with Gasteiger partial charge >= 0.3 is 0 Å². The van der Waals surface area contributed by atoms with Gasteiger partial charge in [-0.05, 0) is 37.6 Å². The predicted molar refractivity (Wildman–Crippen MR) is 81.0 cm³/mol. The van der Waals surface area contributed by atoms with E-state index in [1.54, 1.807) is 7.11 Å². The van der Waals surface area contributed by atoms with Crippen LogP contribution in [0.15, 0.2) is 28.9 Å². The van der Waals surface area contributed by atoms with Crippen molar-refractivity contribution in [3.05, 3.63) is 40.1 Å². The minimum Gasteiger partial charge on any atom is -0.383 e. The molecule has 1 N–H and O–H groups in total. The van der Waals surface area contributed by atoms with Crippen LogP contribution in [-0.4, -0.2) is 23.3 Å². The number of nitrogens with one attached hydrogen (secondary N) is 1. The van der Waals surface area contributed by atoms with E-state index in [0.717, 1.165) is 28.3 Å². The van der Waals surface area contributed by atoms with Crippen molar-refractivity contribution in [2.24, 2.45) is 0 Å². The Kier molecular flexibility index (Phi) is 4.61. The summed E-state index contributed by atoms with van der Waals surface area (Å²) >= 11 is 3.50. The van der Waals surface area contributed by atoms with Gasteiger partial charge in [-0.3, -0.25) is 0 Å². The van der Waals surface area contributed by atoms with Gasteiger partial charge < -0.3 is 14.6 Å². The number of ether oxygens (including phenoxy) is 1. The third kappa shape index (κ3) is 3.58. The fourth-order valence-electron chi connectivity index (χ4n) is 1.86. The summed E-state index contributed by atoms with van der Waals surface area (Å²) < 4.78 is 8.29. The Labute approximate surface area is 121 Å². The molecule has 0 aliphatic heterocycles. The fraction of sp³-hybridized carbons (Fsp3) is 0.357. The lowest BCUT2D eigenvalue weighted by molar-refractivity contribution is 0.188. The lowest BCUT2D eigenvalue weighted by Crippen LogP contribution is -2.07. The molecule has 0 atom stereocenters. The summed E-state index contributed by atoms with van der Waals surface area (Å²) in [6, 6.07) is 6.16. The molecule has 0 unspecified atom stereocenters. The standard InChI is InChI=1S/C14H18BrN3O/c1-10-8-12(4-5-13(10)15)17-14-16-11(2)9-18(14)6-7-19-3/h4-5,8-9H,6-7H2,1-3H3,(H,16,17). The first-order chi connectivity index (χ1) is 9.10. The highest BCUT2D eigenvalue weighted by Crippen LogP contribution is 2.22. The number of rotatable bonds is 5. The number of aromatic nitrogens is 2. The number of imidazole rings is 1. The van der Waals surface area contributed by atoms with E-state index in [4.69, 9.17) is 4.74 Å².